The topological polar surface area (TPSA) is 22.1 Å². The average molecular weight is 371 g/mol. The van der Waals surface area contributed by atoms with Gasteiger partial charge in [-0.25, -0.2) is 4.98 Å². The molecule has 9 heteroatoms. The van der Waals surface area contributed by atoms with Gasteiger partial charge in [-0.05, 0) is 35.1 Å². The molecule has 17 heavy (non-hydrogen) atoms. The van der Waals surface area contributed by atoms with Crippen LogP contribution < -0.4 is 4.74 Å². The van der Waals surface area contributed by atoms with Crippen LogP contribution >= 0.6 is 22.6 Å². The quantitative estimate of drug-likeness (QED) is 0.552. The van der Waals surface area contributed by atoms with E-state index >= 15 is 0 Å². The van der Waals surface area contributed by atoms with Crippen LogP contribution in [0.1, 0.15) is 11.1 Å². The Balaban J connectivity index is 3.36. The second kappa shape index (κ2) is 4.50. The molecule has 0 N–H and O–H groups in total. The van der Waals surface area contributed by atoms with Crippen LogP contribution in [0.2, 0.25) is 0 Å². The Morgan fingerprint density at radius 2 is 1.71 bits per heavy atom. The maximum Gasteiger partial charge on any atom is 0.574 e. The highest BCUT2D eigenvalue weighted by Gasteiger charge is 2.42. The minimum Gasteiger partial charge on any atom is -0.387 e. The molecule has 96 valence electrons. The van der Waals surface area contributed by atoms with Gasteiger partial charge in [-0.2, -0.15) is 13.2 Å². The standard InChI is InChI=1S/C8H4F6INO/c1-3-2-16-6(17-8(12,13)14)4(5(3)15)7(9,10)11/h2H,1H3. The summed E-state index contributed by atoms with van der Waals surface area (Å²) < 4.78 is 76.3. The van der Waals surface area contributed by atoms with E-state index in [-0.39, 0.29) is 9.13 Å². The Bertz CT molecular complexity index is 427. The van der Waals surface area contributed by atoms with E-state index in [2.05, 4.69) is 9.72 Å². The summed E-state index contributed by atoms with van der Waals surface area (Å²) in [5, 5.41) is 0. The summed E-state index contributed by atoms with van der Waals surface area (Å²) in [6.45, 7) is 1.31. The molecule has 0 radical (unpaired) electrons. The molecule has 0 spiro atoms. The number of hydrogen-bond donors (Lipinski definition) is 0. The van der Waals surface area contributed by atoms with Crippen LogP contribution in [0.5, 0.6) is 5.88 Å². The van der Waals surface area contributed by atoms with E-state index in [4.69, 9.17) is 0 Å². The van der Waals surface area contributed by atoms with Crippen molar-refractivity contribution < 1.29 is 31.1 Å². The van der Waals surface area contributed by atoms with Crippen molar-refractivity contribution >= 4 is 22.6 Å². The van der Waals surface area contributed by atoms with Gasteiger partial charge in [0.25, 0.3) is 0 Å². The Labute approximate surface area is 105 Å². The molecule has 0 atom stereocenters. The number of aromatic nitrogens is 1. The number of ether oxygens (including phenoxy) is 1. The van der Waals surface area contributed by atoms with Gasteiger partial charge in [0.15, 0.2) is 0 Å². The second-order valence-electron chi connectivity index (χ2n) is 2.98. The molecule has 0 unspecified atom stereocenters. The molecule has 0 aliphatic rings. The smallest absolute Gasteiger partial charge is 0.387 e. The zero-order valence-electron chi connectivity index (χ0n) is 8.08. The van der Waals surface area contributed by atoms with E-state index in [9.17, 15) is 26.3 Å². The van der Waals surface area contributed by atoms with Crippen molar-refractivity contribution in [3.8, 4) is 5.88 Å². The lowest BCUT2D eigenvalue weighted by atomic mass is 10.2. The van der Waals surface area contributed by atoms with E-state index in [0.717, 1.165) is 6.20 Å². The summed E-state index contributed by atoms with van der Waals surface area (Å²) in [6, 6.07) is 0. The molecule has 0 amide bonds. The largest absolute Gasteiger partial charge is 0.574 e. The fourth-order valence-corrected chi connectivity index (χ4v) is 1.68. The number of hydrogen-bond acceptors (Lipinski definition) is 2. The third kappa shape index (κ3) is 3.61. The van der Waals surface area contributed by atoms with Gasteiger partial charge in [-0.1, -0.05) is 0 Å². The van der Waals surface area contributed by atoms with Gasteiger partial charge in [-0.3, -0.25) is 0 Å². The minimum atomic E-state index is -5.22. The number of halogens is 7. The van der Waals surface area contributed by atoms with Gasteiger partial charge in [0, 0.05) is 9.77 Å². The first-order valence-electron chi connectivity index (χ1n) is 4.00. The van der Waals surface area contributed by atoms with Gasteiger partial charge in [-0.15, -0.1) is 13.2 Å². The Morgan fingerprint density at radius 3 is 2.12 bits per heavy atom. The molecule has 1 heterocycles. The van der Waals surface area contributed by atoms with E-state index < -0.39 is 24.0 Å². The zero-order valence-corrected chi connectivity index (χ0v) is 10.2. The van der Waals surface area contributed by atoms with E-state index in [1.165, 1.54) is 29.5 Å². The highest BCUT2D eigenvalue weighted by atomic mass is 127. The van der Waals surface area contributed by atoms with Crippen molar-refractivity contribution in [2.45, 2.75) is 19.5 Å². The van der Waals surface area contributed by atoms with E-state index in [1.54, 1.807) is 0 Å². The van der Waals surface area contributed by atoms with Gasteiger partial charge < -0.3 is 4.74 Å². The van der Waals surface area contributed by atoms with Crippen LogP contribution in [0.15, 0.2) is 6.20 Å². The molecule has 1 aromatic rings. The van der Waals surface area contributed by atoms with Gasteiger partial charge in [0.1, 0.15) is 5.56 Å². The lowest BCUT2D eigenvalue weighted by Crippen LogP contribution is -2.22. The van der Waals surface area contributed by atoms with E-state index in [1.807, 2.05) is 0 Å². The van der Waals surface area contributed by atoms with Crippen molar-refractivity contribution in [1.82, 2.24) is 4.98 Å². The van der Waals surface area contributed by atoms with Crippen molar-refractivity contribution in [2.75, 3.05) is 0 Å². The molecule has 0 saturated carbocycles. The summed E-state index contributed by atoms with van der Waals surface area (Å²) in [6.07, 6.45) is -9.29. The molecule has 2 nitrogen and oxygen atoms in total. The van der Waals surface area contributed by atoms with Crippen molar-refractivity contribution in [1.29, 1.82) is 0 Å². The van der Waals surface area contributed by atoms with Crippen molar-refractivity contribution in [3.63, 3.8) is 0 Å². The van der Waals surface area contributed by atoms with Gasteiger partial charge >= 0.3 is 12.5 Å². The number of nitrogens with zero attached hydrogens (tertiary/aromatic N) is 1. The molecule has 0 aliphatic heterocycles. The molecule has 0 fully saturated rings. The third-order valence-electron chi connectivity index (χ3n) is 1.65. The maximum atomic E-state index is 12.6. The summed E-state index contributed by atoms with van der Waals surface area (Å²) in [7, 11) is 0. The maximum absolute atomic E-state index is 12.6. The first-order chi connectivity index (χ1) is 7.52. The van der Waals surface area contributed by atoms with Crippen LogP contribution in [-0.4, -0.2) is 11.3 Å². The molecule has 0 bridgehead atoms. The van der Waals surface area contributed by atoms with Gasteiger partial charge in [0.05, 0.1) is 0 Å². The predicted molar refractivity (Wildman–Crippen MR) is 53.4 cm³/mol. The normalized spacial score (nSPS) is 12.7. The molecular weight excluding hydrogens is 367 g/mol. The highest BCUT2D eigenvalue weighted by Crippen LogP contribution is 2.40. The lowest BCUT2D eigenvalue weighted by molar-refractivity contribution is -0.278. The van der Waals surface area contributed by atoms with Crippen LogP contribution in [0.4, 0.5) is 26.3 Å². The molecule has 0 saturated heterocycles. The lowest BCUT2D eigenvalue weighted by Gasteiger charge is -2.16. The summed E-state index contributed by atoms with van der Waals surface area (Å²) >= 11 is 1.30. The number of pyridine rings is 1. The Hall–Kier alpha value is -0.740. The summed E-state index contributed by atoms with van der Waals surface area (Å²) in [5.74, 6) is -1.49. The Morgan fingerprint density at radius 1 is 1.18 bits per heavy atom. The predicted octanol–water partition coefficient (Wildman–Crippen LogP) is 3.91. The summed E-state index contributed by atoms with van der Waals surface area (Å²) in [4.78, 5) is 3.02. The number of aryl methyl sites for hydroxylation is 1. The summed E-state index contributed by atoms with van der Waals surface area (Å²) in [5.41, 5.74) is -1.40. The zero-order chi connectivity index (χ0) is 13.4. The van der Waals surface area contributed by atoms with E-state index in [0.29, 0.717) is 0 Å². The molecule has 1 aromatic heterocycles. The van der Waals surface area contributed by atoms with Crippen LogP contribution in [-0.2, 0) is 6.18 Å². The van der Waals surface area contributed by atoms with Crippen molar-refractivity contribution in [3.05, 3.63) is 20.9 Å². The molecule has 0 aliphatic carbocycles. The first-order valence-corrected chi connectivity index (χ1v) is 5.08. The molecule has 1 rings (SSSR count). The van der Waals surface area contributed by atoms with Crippen LogP contribution in [0.25, 0.3) is 0 Å². The van der Waals surface area contributed by atoms with Gasteiger partial charge in [0.2, 0.25) is 5.88 Å². The SMILES string of the molecule is Cc1cnc(OC(F)(F)F)c(C(F)(F)F)c1I. The number of alkyl halides is 6. The minimum absolute atomic E-state index is 0.118. The fourth-order valence-electron chi connectivity index (χ4n) is 1.00. The first kappa shape index (κ1) is 14.3. The monoisotopic (exact) mass is 371 g/mol. The molecular formula is C8H4F6INO. The average Bonchev–Trinajstić information content (AvgIpc) is 2.06. The number of rotatable bonds is 1. The van der Waals surface area contributed by atoms with Crippen molar-refractivity contribution in [2.24, 2.45) is 0 Å². The molecule has 0 aromatic carbocycles. The highest BCUT2D eigenvalue weighted by molar-refractivity contribution is 14.1. The second-order valence-corrected chi connectivity index (χ2v) is 4.06. The van der Waals surface area contributed by atoms with Crippen LogP contribution in [0, 0.1) is 10.5 Å². The Kier molecular flexibility index (Phi) is 3.79. The third-order valence-corrected chi connectivity index (χ3v) is 3.04. The van der Waals surface area contributed by atoms with Crippen LogP contribution in [0.3, 0.4) is 0 Å². The fraction of sp³-hybridized carbons (Fsp3) is 0.375.